The van der Waals surface area contributed by atoms with Crippen molar-refractivity contribution >= 4 is 11.8 Å². The SMILES string of the molecule is O=C(c1cn(C2CN(C(=O)C3CCCC3)C2)nn1)N1CCCC1. The molecule has 1 aliphatic carbocycles. The van der Waals surface area contributed by atoms with Crippen LogP contribution in [-0.2, 0) is 4.79 Å². The van der Waals surface area contributed by atoms with Crippen LogP contribution in [0.4, 0.5) is 0 Å². The lowest BCUT2D eigenvalue weighted by Crippen LogP contribution is -2.52. The summed E-state index contributed by atoms with van der Waals surface area (Å²) in [5.74, 6) is 0.512. The Hall–Kier alpha value is -1.92. The first-order valence-corrected chi connectivity index (χ1v) is 8.72. The van der Waals surface area contributed by atoms with Crippen LogP contribution in [0.3, 0.4) is 0 Å². The van der Waals surface area contributed by atoms with E-state index in [1.165, 1.54) is 12.8 Å². The fourth-order valence-electron chi connectivity index (χ4n) is 3.87. The quantitative estimate of drug-likeness (QED) is 0.836. The Morgan fingerprint density at radius 2 is 1.70 bits per heavy atom. The number of carbonyl (C=O) groups is 2. The lowest BCUT2D eigenvalue weighted by atomic mass is 10.0. The smallest absolute Gasteiger partial charge is 0.276 e. The minimum absolute atomic E-state index is 0.0213. The molecule has 23 heavy (non-hydrogen) atoms. The number of hydrogen-bond donors (Lipinski definition) is 0. The Balaban J connectivity index is 1.34. The van der Waals surface area contributed by atoms with Crippen LogP contribution in [0.2, 0.25) is 0 Å². The monoisotopic (exact) mass is 317 g/mol. The standard InChI is InChI=1S/C16H23N5O2/c22-15(12-5-1-2-6-12)20-9-13(10-20)21-11-14(17-18-21)16(23)19-7-3-4-8-19/h11-13H,1-10H2. The molecule has 2 aliphatic heterocycles. The van der Waals surface area contributed by atoms with E-state index in [1.54, 1.807) is 10.9 Å². The Morgan fingerprint density at radius 1 is 1.00 bits per heavy atom. The van der Waals surface area contributed by atoms with Crippen molar-refractivity contribution in [2.24, 2.45) is 5.92 Å². The third-order valence-corrected chi connectivity index (χ3v) is 5.38. The van der Waals surface area contributed by atoms with Crippen LogP contribution in [0.25, 0.3) is 0 Å². The van der Waals surface area contributed by atoms with Gasteiger partial charge in [0.15, 0.2) is 5.69 Å². The van der Waals surface area contributed by atoms with Gasteiger partial charge in [0, 0.05) is 32.1 Å². The maximum Gasteiger partial charge on any atom is 0.276 e. The zero-order chi connectivity index (χ0) is 15.8. The molecule has 4 rings (SSSR count). The minimum Gasteiger partial charge on any atom is -0.338 e. The molecule has 1 aromatic heterocycles. The third kappa shape index (κ3) is 2.72. The van der Waals surface area contributed by atoms with E-state index in [4.69, 9.17) is 0 Å². The van der Waals surface area contributed by atoms with Crippen LogP contribution in [0.5, 0.6) is 0 Å². The molecule has 7 heteroatoms. The van der Waals surface area contributed by atoms with Gasteiger partial charge in [0.05, 0.1) is 12.2 Å². The summed E-state index contributed by atoms with van der Waals surface area (Å²) in [6.45, 7) is 3.02. The Kier molecular flexibility index (Phi) is 3.79. The summed E-state index contributed by atoms with van der Waals surface area (Å²) in [6, 6.07) is 0.160. The highest BCUT2D eigenvalue weighted by Gasteiger charge is 2.37. The molecular weight excluding hydrogens is 294 g/mol. The van der Waals surface area contributed by atoms with E-state index in [0.29, 0.717) is 24.7 Å². The van der Waals surface area contributed by atoms with E-state index in [9.17, 15) is 9.59 Å². The summed E-state index contributed by atoms with van der Waals surface area (Å²) in [4.78, 5) is 28.4. The van der Waals surface area contributed by atoms with Gasteiger partial charge >= 0.3 is 0 Å². The van der Waals surface area contributed by atoms with Gasteiger partial charge in [0.2, 0.25) is 5.91 Å². The summed E-state index contributed by atoms with van der Waals surface area (Å²) in [6.07, 6.45) is 8.32. The summed E-state index contributed by atoms with van der Waals surface area (Å²) in [5.41, 5.74) is 0.424. The van der Waals surface area contributed by atoms with Gasteiger partial charge in [-0.25, -0.2) is 4.68 Å². The highest BCUT2D eigenvalue weighted by molar-refractivity contribution is 5.92. The second-order valence-corrected chi connectivity index (χ2v) is 6.96. The van der Waals surface area contributed by atoms with Crippen molar-refractivity contribution < 1.29 is 9.59 Å². The van der Waals surface area contributed by atoms with E-state index < -0.39 is 0 Å². The van der Waals surface area contributed by atoms with Crippen molar-refractivity contribution in [3.8, 4) is 0 Å². The number of likely N-dealkylation sites (tertiary alicyclic amines) is 2. The first-order chi connectivity index (χ1) is 11.2. The van der Waals surface area contributed by atoms with Crippen molar-refractivity contribution in [2.45, 2.75) is 44.6 Å². The Bertz CT molecular complexity index is 595. The maximum atomic E-state index is 12.3. The molecule has 0 atom stereocenters. The van der Waals surface area contributed by atoms with Gasteiger partial charge in [0.25, 0.3) is 5.91 Å². The van der Waals surface area contributed by atoms with Gasteiger partial charge < -0.3 is 9.80 Å². The largest absolute Gasteiger partial charge is 0.338 e. The topological polar surface area (TPSA) is 71.3 Å². The molecule has 1 aromatic rings. The number of nitrogens with zero attached hydrogens (tertiary/aromatic N) is 5. The van der Waals surface area contributed by atoms with Crippen LogP contribution in [0, 0.1) is 5.92 Å². The number of rotatable bonds is 3. The number of amides is 2. The molecule has 124 valence electrons. The van der Waals surface area contributed by atoms with Crippen molar-refractivity contribution in [3.05, 3.63) is 11.9 Å². The van der Waals surface area contributed by atoms with Crippen LogP contribution < -0.4 is 0 Å². The molecule has 0 N–H and O–H groups in total. The van der Waals surface area contributed by atoms with Gasteiger partial charge in [-0.3, -0.25) is 9.59 Å². The van der Waals surface area contributed by atoms with E-state index in [0.717, 1.165) is 38.8 Å². The van der Waals surface area contributed by atoms with E-state index in [1.807, 2.05) is 9.80 Å². The second-order valence-electron chi connectivity index (χ2n) is 6.96. The van der Waals surface area contributed by atoms with Gasteiger partial charge in [-0.15, -0.1) is 5.10 Å². The van der Waals surface area contributed by atoms with E-state index >= 15 is 0 Å². The minimum atomic E-state index is -0.0213. The molecule has 3 fully saturated rings. The first kappa shape index (κ1) is 14.7. The fraction of sp³-hybridized carbons (Fsp3) is 0.750. The molecule has 3 heterocycles. The van der Waals surface area contributed by atoms with Crippen LogP contribution in [0.1, 0.15) is 55.1 Å². The van der Waals surface area contributed by atoms with Crippen LogP contribution in [0.15, 0.2) is 6.20 Å². The van der Waals surface area contributed by atoms with Crippen molar-refractivity contribution in [3.63, 3.8) is 0 Å². The first-order valence-electron chi connectivity index (χ1n) is 8.72. The summed E-state index contributed by atoms with van der Waals surface area (Å²) >= 11 is 0. The number of aromatic nitrogens is 3. The molecule has 7 nitrogen and oxygen atoms in total. The zero-order valence-corrected chi connectivity index (χ0v) is 13.4. The summed E-state index contributed by atoms with van der Waals surface area (Å²) in [5, 5.41) is 8.13. The van der Waals surface area contributed by atoms with Crippen LogP contribution >= 0.6 is 0 Å². The molecule has 2 amide bonds. The Labute approximate surface area is 135 Å². The van der Waals surface area contributed by atoms with Gasteiger partial charge in [0.1, 0.15) is 0 Å². The third-order valence-electron chi connectivity index (χ3n) is 5.38. The summed E-state index contributed by atoms with van der Waals surface area (Å²) < 4.78 is 1.75. The van der Waals surface area contributed by atoms with Crippen molar-refractivity contribution in [2.75, 3.05) is 26.2 Å². The van der Waals surface area contributed by atoms with Crippen LogP contribution in [-0.4, -0.2) is 62.8 Å². The lowest BCUT2D eigenvalue weighted by molar-refractivity contribution is -0.141. The molecule has 0 radical (unpaired) electrons. The number of carbonyl (C=O) groups excluding carboxylic acids is 2. The molecule has 1 saturated carbocycles. The molecular formula is C16H23N5O2. The average Bonchev–Trinajstić information content (AvgIpc) is 3.25. The van der Waals surface area contributed by atoms with Crippen molar-refractivity contribution in [1.82, 2.24) is 24.8 Å². The predicted octanol–water partition coefficient (Wildman–Crippen LogP) is 1.09. The zero-order valence-electron chi connectivity index (χ0n) is 13.4. The van der Waals surface area contributed by atoms with Crippen molar-refractivity contribution in [1.29, 1.82) is 0 Å². The lowest BCUT2D eigenvalue weighted by Gasteiger charge is -2.40. The van der Waals surface area contributed by atoms with Gasteiger partial charge in [-0.2, -0.15) is 0 Å². The predicted molar refractivity (Wildman–Crippen MR) is 82.7 cm³/mol. The van der Waals surface area contributed by atoms with Gasteiger partial charge in [-0.05, 0) is 25.7 Å². The van der Waals surface area contributed by atoms with Gasteiger partial charge in [-0.1, -0.05) is 18.1 Å². The molecule has 0 bridgehead atoms. The Morgan fingerprint density at radius 3 is 2.39 bits per heavy atom. The summed E-state index contributed by atoms with van der Waals surface area (Å²) in [7, 11) is 0. The highest BCUT2D eigenvalue weighted by Crippen LogP contribution is 2.30. The van der Waals surface area contributed by atoms with E-state index in [-0.39, 0.29) is 17.9 Å². The fourth-order valence-corrected chi connectivity index (χ4v) is 3.87. The molecule has 2 saturated heterocycles. The molecule has 3 aliphatic rings. The maximum absolute atomic E-state index is 12.3. The highest BCUT2D eigenvalue weighted by atomic mass is 16.2. The molecule has 0 aromatic carbocycles. The number of hydrogen-bond acceptors (Lipinski definition) is 4. The molecule has 0 spiro atoms. The second kappa shape index (κ2) is 5.94. The average molecular weight is 317 g/mol. The van der Waals surface area contributed by atoms with E-state index in [2.05, 4.69) is 10.3 Å². The normalized spacial score (nSPS) is 22.6. The molecule has 0 unspecified atom stereocenters.